The average molecular weight is 257 g/mol. The minimum atomic E-state index is 0.329. The molecule has 0 aromatic heterocycles. The minimum Gasteiger partial charge on any atom is -0.396 e. The van der Waals surface area contributed by atoms with Gasteiger partial charge in [0.05, 0.1) is 6.10 Å². The van der Waals surface area contributed by atoms with Gasteiger partial charge in [0.15, 0.2) is 0 Å². The zero-order valence-electron chi connectivity index (χ0n) is 12.0. The fraction of sp³-hybridized carbons (Fsp3) is 1.00. The summed E-state index contributed by atoms with van der Waals surface area (Å²) in [4.78, 5) is 0. The molecule has 1 saturated carbocycles. The minimum absolute atomic E-state index is 0.329. The Hall–Kier alpha value is -0.120. The SMILES string of the molecule is CCCNC1CCC(OCCCCCCO)CC1. The molecule has 0 unspecified atom stereocenters. The number of hydrogen-bond acceptors (Lipinski definition) is 3. The van der Waals surface area contributed by atoms with Crippen molar-refractivity contribution >= 4 is 0 Å². The maximum atomic E-state index is 8.68. The van der Waals surface area contributed by atoms with Crippen molar-refractivity contribution in [2.24, 2.45) is 0 Å². The average Bonchev–Trinajstić information content (AvgIpc) is 2.42. The molecule has 0 radical (unpaired) electrons. The van der Waals surface area contributed by atoms with Crippen molar-refractivity contribution in [3.63, 3.8) is 0 Å². The Kier molecular flexibility index (Phi) is 9.54. The van der Waals surface area contributed by atoms with E-state index in [4.69, 9.17) is 9.84 Å². The van der Waals surface area contributed by atoms with Gasteiger partial charge in [0.1, 0.15) is 0 Å². The molecule has 3 heteroatoms. The highest BCUT2D eigenvalue weighted by molar-refractivity contribution is 4.77. The number of nitrogens with one attached hydrogen (secondary N) is 1. The van der Waals surface area contributed by atoms with E-state index in [1.54, 1.807) is 0 Å². The third kappa shape index (κ3) is 7.34. The standard InChI is InChI=1S/C15H31NO2/c1-2-11-16-14-7-9-15(10-8-14)18-13-6-4-3-5-12-17/h14-17H,2-13H2,1H3. The van der Waals surface area contributed by atoms with Crippen LogP contribution in [0.2, 0.25) is 0 Å². The van der Waals surface area contributed by atoms with Gasteiger partial charge in [-0.3, -0.25) is 0 Å². The molecule has 3 nitrogen and oxygen atoms in total. The Morgan fingerprint density at radius 1 is 1.06 bits per heavy atom. The predicted octanol–water partition coefficient (Wildman–Crippen LogP) is 2.87. The first kappa shape index (κ1) is 15.9. The molecule has 0 aliphatic heterocycles. The van der Waals surface area contributed by atoms with Crippen molar-refractivity contribution in [2.75, 3.05) is 19.8 Å². The lowest BCUT2D eigenvalue weighted by Crippen LogP contribution is -2.35. The van der Waals surface area contributed by atoms with Crippen molar-refractivity contribution in [3.8, 4) is 0 Å². The number of hydrogen-bond donors (Lipinski definition) is 2. The highest BCUT2D eigenvalue weighted by Crippen LogP contribution is 2.21. The second-order valence-electron chi connectivity index (χ2n) is 5.44. The lowest BCUT2D eigenvalue weighted by Gasteiger charge is -2.29. The van der Waals surface area contributed by atoms with Crippen molar-refractivity contribution in [3.05, 3.63) is 0 Å². The fourth-order valence-electron chi connectivity index (χ4n) is 2.60. The molecule has 1 aliphatic carbocycles. The van der Waals surface area contributed by atoms with Crippen molar-refractivity contribution in [1.82, 2.24) is 5.32 Å². The molecule has 0 amide bonds. The van der Waals surface area contributed by atoms with Gasteiger partial charge in [0, 0.05) is 19.3 Å². The summed E-state index contributed by atoms with van der Waals surface area (Å²) in [5.41, 5.74) is 0. The van der Waals surface area contributed by atoms with Crippen LogP contribution in [0.15, 0.2) is 0 Å². The molecule has 0 spiro atoms. The Bertz CT molecular complexity index is 179. The van der Waals surface area contributed by atoms with Crippen LogP contribution in [-0.4, -0.2) is 37.0 Å². The van der Waals surface area contributed by atoms with Crippen molar-refractivity contribution in [1.29, 1.82) is 0 Å². The van der Waals surface area contributed by atoms with Gasteiger partial charge >= 0.3 is 0 Å². The summed E-state index contributed by atoms with van der Waals surface area (Å²) in [7, 11) is 0. The normalized spacial score (nSPS) is 24.3. The summed E-state index contributed by atoms with van der Waals surface area (Å²) in [6.07, 6.45) is 11.1. The summed E-state index contributed by atoms with van der Waals surface area (Å²) in [5.74, 6) is 0. The van der Waals surface area contributed by atoms with Crippen LogP contribution in [0.1, 0.15) is 64.7 Å². The number of unbranched alkanes of at least 4 members (excludes halogenated alkanes) is 3. The zero-order valence-corrected chi connectivity index (χ0v) is 12.0. The Morgan fingerprint density at radius 2 is 1.78 bits per heavy atom. The van der Waals surface area contributed by atoms with Gasteiger partial charge in [-0.2, -0.15) is 0 Å². The largest absolute Gasteiger partial charge is 0.396 e. The lowest BCUT2D eigenvalue weighted by molar-refractivity contribution is 0.0204. The van der Waals surface area contributed by atoms with Gasteiger partial charge in [-0.1, -0.05) is 19.8 Å². The van der Waals surface area contributed by atoms with Crippen LogP contribution in [0.4, 0.5) is 0 Å². The number of ether oxygens (including phenoxy) is 1. The van der Waals surface area contributed by atoms with E-state index < -0.39 is 0 Å². The summed E-state index contributed by atoms with van der Waals surface area (Å²) < 4.78 is 5.93. The van der Waals surface area contributed by atoms with Crippen LogP contribution in [-0.2, 0) is 4.74 Å². The number of aliphatic hydroxyl groups excluding tert-OH is 1. The Balaban J connectivity index is 1.92. The van der Waals surface area contributed by atoms with E-state index in [1.807, 2.05) is 0 Å². The van der Waals surface area contributed by atoms with E-state index >= 15 is 0 Å². The quantitative estimate of drug-likeness (QED) is 0.591. The maximum Gasteiger partial charge on any atom is 0.0576 e. The second-order valence-corrected chi connectivity index (χ2v) is 5.44. The zero-order chi connectivity index (χ0) is 13.1. The first-order valence-electron chi connectivity index (χ1n) is 7.82. The summed E-state index contributed by atoms with van der Waals surface area (Å²) in [5, 5.41) is 12.3. The smallest absolute Gasteiger partial charge is 0.0576 e. The molecule has 1 rings (SSSR count). The molecular weight excluding hydrogens is 226 g/mol. The molecule has 2 N–H and O–H groups in total. The van der Waals surface area contributed by atoms with E-state index in [2.05, 4.69) is 12.2 Å². The predicted molar refractivity (Wildman–Crippen MR) is 75.8 cm³/mol. The monoisotopic (exact) mass is 257 g/mol. The summed E-state index contributed by atoms with van der Waals surface area (Å²) in [6, 6.07) is 0.731. The van der Waals surface area contributed by atoms with Crippen LogP contribution in [0.3, 0.4) is 0 Å². The van der Waals surface area contributed by atoms with Gasteiger partial charge in [0.2, 0.25) is 0 Å². The van der Waals surface area contributed by atoms with Gasteiger partial charge in [-0.05, 0) is 51.5 Å². The molecular formula is C15H31NO2. The molecule has 0 atom stereocenters. The van der Waals surface area contributed by atoms with E-state index in [0.717, 1.165) is 38.5 Å². The highest BCUT2D eigenvalue weighted by atomic mass is 16.5. The summed E-state index contributed by atoms with van der Waals surface area (Å²) in [6.45, 7) is 4.61. The topological polar surface area (TPSA) is 41.5 Å². The van der Waals surface area contributed by atoms with Gasteiger partial charge in [-0.15, -0.1) is 0 Å². The third-order valence-corrected chi connectivity index (χ3v) is 3.76. The fourth-order valence-corrected chi connectivity index (χ4v) is 2.60. The molecule has 108 valence electrons. The van der Waals surface area contributed by atoms with E-state index in [0.29, 0.717) is 12.7 Å². The van der Waals surface area contributed by atoms with Crippen LogP contribution >= 0.6 is 0 Å². The van der Waals surface area contributed by atoms with Gasteiger partial charge in [-0.25, -0.2) is 0 Å². The van der Waals surface area contributed by atoms with E-state index in [1.165, 1.54) is 38.5 Å². The highest BCUT2D eigenvalue weighted by Gasteiger charge is 2.20. The van der Waals surface area contributed by atoms with Crippen molar-refractivity contribution in [2.45, 2.75) is 76.9 Å². The van der Waals surface area contributed by atoms with Crippen molar-refractivity contribution < 1.29 is 9.84 Å². The van der Waals surface area contributed by atoms with E-state index in [-0.39, 0.29) is 0 Å². The molecule has 1 fully saturated rings. The van der Waals surface area contributed by atoms with Crippen LogP contribution in [0.25, 0.3) is 0 Å². The molecule has 18 heavy (non-hydrogen) atoms. The summed E-state index contributed by atoms with van der Waals surface area (Å²) >= 11 is 0. The first-order valence-corrected chi connectivity index (χ1v) is 7.82. The Morgan fingerprint density at radius 3 is 2.44 bits per heavy atom. The van der Waals surface area contributed by atoms with Gasteiger partial charge < -0.3 is 15.2 Å². The second kappa shape index (κ2) is 10.8. The first-order chi connectivity index (χ1) is 8.86. The maximum absolute atomic E-state index is 8.68. The third-order valence-electron chi connectivity index (χ3n) is 3.76. The van der Waals surface area contributed by atoms with E-state index in [9.17, 15) is 0 Å². The number of rotatable bonds is 10. The number of aliphatic hydroxyl groups is 1. The van der Waals surface area contributed by atoms with Crippen LogP contribution in [0, 0.1) is 0 Å². The molecule has 0 aromatic carbocycles. The Labute approximate surface area is 112 Å². The molecule has 0 heterocycles. The van der Waals surface area contributed by atoms with Crippen LogP contribution in [0.5, 0.6) is 0 Å². The van der Waals surface area contributed by atoms with Gasteiger partial charge in [0.25, 0.3) is 0 Å². The molecule has 0 bridgehead atoms. The molecule has 1 aliphatic rings. The molecule has 0 aromatic rings. The molecule has 0 saturated heterocycles. The van der Waals surface area contributed by atoms with Crippen LogP contribution < -0.4 is 5.32 Å². The lowest BCUT2D eigenvalue weighted by atomic mass is 9.93.